The van der Waals surface area contributed by atoms with Crippen LogP contribution in [0.25, 0.3) is 0 Å². The third-order valence-corrected chi connectivity index (χ3v) is 4.83. The summed E-state index contributed by atoms with van der Waals surface area (Å²) < 4.78 is 0. The van der Waals surface area contributed by atoms with Gasteiger partial charge < -0.3 is 15.5 Å². The van der Waals surface area contributed by atoms with Gasteiger partial charge in [0, 0.05) is 30.1 Å². The van der Waals surface area contributed by atoms with Gasteiger partial charge in [-0.05, 0) is 30.7 Å². The number of aliphatic imine (C=N–C) groups is 1. The number of hydrogen-bond donors (Lipinski definition) is 2. The molecular formula is C23H21N5O2. The first kappa shape index (κ1) is 19.3. The maximum Gasteiger partial charge on any atom is 0.321 e. The summed E-state index contributed by atoms with van der Waals surface area (Å²) in [5.74, 6) is -0.352. The maximum absolute atomic E-state index is 13.1. The molecule has 0 spiro atoms. The van der Waals surface area contributed by atoms with Crippen LogP contribution in [0, 0.1) is 6.92 Å². The van der Waals surface area contributed by atoms with Gasteiger partial charge in [0.05, 0.1) is 17.6 Å². The van der Waals surface area contributed by atoms with Crippen LogP contribution in [0.2, 0.25) is 0 Å². The Morgan fingerprint density at radius 3 is 2.63 bits per heavy atom. The Kier molecular flexibility index (Phi) is 5.26. The number of anilines is 2. The van der Waals surface area contributed by atoms with E-state index >= 15 is 0 Å². The second-order valence-electron chi connectivity index (χ2n) is 7.00. The number of aryl methyl sites for hydroxylation is 1. The normalized spacial score (nSPS) is 15.7. The summed E-state index contributed by atoms with van der Waals surface area (Å²) in [6, 6.07) is 18.3. The fraction of sp³-hybridized carbons (Fsp3) is 0.130. The number of rotatable bonds is 3. The van der Waals surface area contributed by atoms with Gasteiger partial charge in [-0.1, -0.05) is 42.5 Å². The van der Waals surface area contributed by atoms with Gasteiger partial charge in [0.25, 0.3) is 5.91 Å². The molecule has 30 heavy (non-hydrogen) atoms. The minimum Gasteiger partial charge on any atom is -0.310 e. The van der Waals surface area contributed by atoms with Gasteiger partial charge in [-0.2, -0.15) is 0 Å². The lowest BCUT2D eigenvalue weighted by Crippen LogP contribution is -2.47. The highest BCUT2D eigenvalue weighted by Crippen LogP contribution is 2.26. The Hall–Kier alpha value is -4.00. The van der Waals surface area contributed by atoms with E-state index in [1.54, 1.807) is 25.5 Å². The number of pyridine rings is 1. The van der Waals surface area contributed by atoms with Crippen LogP contribution in [-0.2, 0) is 4.79 Å². The van der Waals surface area contributed by atoms with E-state index in [-0.39, 0.29) is 5.91 Å². The lowest BCUT2D eigenvalue weighted by molar-refractivity contribution is -0.119. The number of carbonyl (C=O) groups is 2. The fourth-order valence-corrected chi connectivity index (χ4v) is 3.34. The largest absolute Gasteiger partial charge is 0.321 e. The number of amides is 3. The zero-order valence-corrected chi connectivity index (χ0v) is 16.7. The van der Waals surface area contributed by atoms with Crippen LogP contribution < -0.4 is 15.5 Å². The summed E-state index contributed by atoms with van der Waals surface area (Å²) in [7, 11) is 1.65. The highest BCUT2D eigenvalue weighted by molar-refractivity contribution is 6.20. The van der Waals surface area contributed by atoms with Gasteiger partial charge in [0.15, 0.2) is 0 Å². The van der Waals surface area contributed by atoms with Crippen molar-refractivity contribution in [3.05, 3.63) is 89.7 Å². The molecule has 7 nitrogen and oxygen atoms in total. The highest BCUT2D eigenvalue weighted by Gasteiger charge is 2.31. The number of fused-ring (bicyclic) bond motifs is 1. The number of hydrogen-bond acceptors (Lipinski definition) is 4. The molecule has 1 aliphatic heterocycles. The van der Waals surface area contributed by atoms with Gasteiger partial charge in [0.2, 0.25) is 6.17 Å². The first-order chi connectivity index (χ1) is 14.5. The molecular weight excluding hydrogens is 378 g/mol. The molecule has 150 valence electrons. The number of likely N-dealkylation sites (N-methyl/N-ethyl adjacent to an activating group) is 1. The average Bonchev–Trinajstić information content (AvgIpc) is 2.85. The van der Waals surface area contributed by atoms with Crippen molar-refractivity contribution in [1.29, 1.82) is 0 Å². The van der Waals surface area contributed by atoms with E-state index in [2.05, 4.69) is 20.6 Å². The second-order valence-corrected chi connectivity index (χ2v) is 7.00. The molecule has 2 N–H and O–H groups in total. The maximum atomic E-state index is 13.1. The summed E-state index contributed by atoms with van der Waals surface area (Å²) in [5.41, 5.74) is 4.53. The molecule has 0 radical (unpaired) electrons. The monoisotopic (exact) mass is 399 g/mol. The molecule has 2 heterocycles. The smallest absolute Gasteiger partial charge is 0.310 e. The van der Waals surface area contributed by atoms with E-state index in [0.717, 1.165) is 16.7 Å². The molecule has 0 aliphatic carbocycles. The van der Waals surface area contributed by atoms with E-state index in [9.17, 15) is 9.59 Å². The molecule has 3 amide bonds. The minimum absolute atomic E-state index is 0.352. The third-order valence-electron chi connectivity index (χ3n) is 4.83. The predicted octanol–water partition coefficient (Wildman–Crippen LogP) is 3.35. The van der Waals surface area contributed by atoms with Crippen molar-refractivity contribution in [1.82, 2.24) is 10.3 Å². The second kappa shape index (κ2) is 8.16. The van der Waals surface area contributed by atoms with Crippen molar-refractivity contribution < 1.29 is 9.59 Å². The summed E-state index contributed by atoms with van der Waals surface area (Å²) >= 11 is 0. The van der Waals surface area contributed by atoms with Crippen LogP contribution in [0.15, 0.2) is 78.0 Å². The Morgan fingerprint density at radius 1 is 1.07 bits per heavy atom. The van der Waals surface area contributed by atoms with Crippen molar-refractivity contribution in [3.63, 3.8) is 0 Å². The predicted molar refractivity (Wildman–Crippen MR) is 117 cm³/mol. The first-order valence-corrected chi connectivity index (χ1v) is 9.52. The molecule has 0 saturated carbocycles. The van der Waals surface area contributed by atoms with Crippen molar-refractivity contribution >= 4 is 29.0 Å². The average molecular weight is 399 g/mol. The van der Waals surface area contributed by atoms with Crippen LogP contribution >= 0.6 is 0 Å². The molecule has 3 aromatic rings. The van der Waals surface area contributed by atoms with Gasteiger partial charge in [0.1, 0.15) is 0 Å². The number of benzene rings is 2. The summed E-state index contributed by atoms with van der Waals surface area (Å²) in [5, 5.41) is 5.45. The van der Waals surface area contributed by atoms with Crippen LogP contribution in [0.5, 0.6) is 0 Å². The number of nitrogens with one attached hydrogen (secondary N) is 2. The number of aromatic nitrogens is 1. The molecule has 0 saturated heterocycles. The van der Waals surface area contributed by atoms with E-state index in [0.29, 0.717) is 17.1 Å². The Labute approximate surface area is 174 Å². The molecule has 1 aromatic heterocycles. The lowest BCUT2D eigenvalue weighted by atomic mass is 10.0. The topological polar surface area (TPSA) is 86.7 Å². The molecule has 2 aromatic carbocycles. The van der Waals surface area contributed by atoms with E-state index < -0.39 is 12.2 Å². The SMILES string of the molecule is Cc1cccc(NC(=O)N[C@H]2N=C(c3ccccc3)c3ccncc3N(C)C2=O)c1. The zero-order valence-electron chi connectivity index (χ0n) is 16.7. The molecule has 0 fully saturated rings. The van der Waals surface area contributed by atoms with Gasteiger partial charge in [-0.3, -0.25) is 9.78 Å². The van der Waals surface area contributed by atoms with Crippen LogP contribution in [0.4, 0.5) is 16.2 Å². The molecule has 0 unspecified atom stereocenters. The third kappa shape index (κ3) is 3.91. The van der Waals surface area contributed by atoms with E-state index in [4.69, 9.17) is 0 Å². The van der Waals surface area contributed by atoms with Crippen molar-refractivity contribution in [2.45, 2.75) is 13.1 Å². The molecule has 1 atom stereocenters. The van der Waals surface area contributed by atoms with Gasteiger partial charge in [-0.15, -0.1) is 0 Å². The highest BCUT2D eigenvalue weighted by atomic mass is 16.2. The number of urea groups is 1. The standard InChI is InChI=1S/C23H21N5O2/c1-15-7-6-10-17(13-15)25-23(30)27-21-22(29)28(2)19-14-24-12-11-18(19)20(26-21)16-8-4-3-5-9-16/h3-14,21H,1-2H3,(H2,25,27,30)/t21-/m1/s1. The van der Waals surface area contributed by atoms with Crippen LogP contribution in [-0.4, -0.2) is 35.8 Å². The van der Waals surface area contributed by atoms with Crippen molar-refractivity contribution in [3.8, 4) is 0 Å². The van der Waals surface area contributed by atoms with Crippen LogP contribution in [0.3, 0.4) is 0 Å². The number of nitrogens with zero attached hydrogens (tertiary/aromatic N) is 3. The first-order valence-electron chi connectivity index (χ1n) is 9.52. The van der Waals surface area contributed by atoms with E-state index in [1.807, 2.05) is 61.5 Å². The van der Waals surface area contributed by atoms with Crippen molar-refractivity contribution in [2.24, 2.45) is 4.99 Å². The molecule has 4 rings (SSSR count). The van der Waals surface area contributed by atoms with Crippen molar-refractivity contribution in [2.75, 3.05) is 17.3 Å². The number of carbonyl (C=O) groups excluding carboxylic acids is 2. The van der Waals surface area contributed by atoms with Gasteiger partial charge in [-0.25, -0.2) is 9.79 Å². The Balaban J connectivity index is 1.69. The lowest BCUT2D eigenvalue weighted by Gasteiger charge is -2.20. The molecule has 0 bridgehead atoms. The molecule has 1 aliphatic rings. The summed E-state index contributed by atoms with van der Waals surface area (Å²) in [6.07, 6.45) is 2.21. The minimum atomic E-state index is -1.08. The van der Waals surface area contributed by atoms with Gasteiger partial charge >= 0.3 is 6.03 Å². The molecule has 7 heteroatoms. The Morgan fingerprint density at radius 2 is 1.87 bits per heavy atom. The van der Waals surface area contributed by atoms with Crippen LogP contribution in [0.1, 0.15) is 16.7 Å². The fourth-order valence-electron chi connectivity index (χ4n) is 3.34. The van der Waals surface area contributed by atoms with E-state index in [1.165, 1.54) is 4.90 Å². The summed E-state index contributed by atoms with van der Waals surface area (Å²) in [6.45, 7) is 1.94. The Bertz CT molecular complexity index is 1130. The zero-order chi connectivity index (χ0) is 21.1. The quantitative estimate of drug-likeness (QED) is 0.708. The summed E-state index contributed by atoms with van der Waals surface area (Å²) in [4.78, 5) is 35.9.